The van der Waals surface area contributed by atoms with Gasteiger partial charge in [0.1, 0.15) is 5.78 Å². The number of hydrogen-bond acceptors (Lipinski definition) is 3. The minimum Gasteiger partial charge on any atom is -0.298 e. The Bertz CT molecular complexity index is 520. The fourth-order valence-electron chi connectivity index (χ4n) is 3.19. The lowest BCUT2D eigenvalue weighted by molar-refractivity contribution is -0.128. The SMILES string of the molecule is CNN1[C@H](C(C)=O)Cc2cc(C)c(C)cc2C1(C)C. The van der Waals surface area contributed by atoms with Gasteiger partial charge in [0.2, 0.25) is 0 Å². The third kappa shape index (κ3) is 2.21. The Morgan fingerprint density at radius 1 is 1.32 bits per heavy atom. The first-order valence-electron chi connectivity index (χ1n) is 6.86. The van der Waals surface area contributed by atoms with E-state index in [0.29, 0.717) is 0 Å². The van der Waals surface area contributed by atoms with Gasteiger partial charge < -0.3 is 0 Å². The molecule has 0 spiro atoms. The highest BCUT2D eigenvalue weighted by Gasteiger charge is 2.41. The number of carbonyl (C=O) groups excluding carboxylic acids is 1. The number of hydrazine groups is 1. The number of carbonyl (C=O) groups is 1. The van der Waals surface area contributed by atoms with E-state index in [0.717, 1.165) is 6.42 Å². The molecule has 0 unspecified atom stereocenters. The number of nitrogens with zero attached hydrogens (tertiary/aromatic N) is 1. The van der Waals surface area contributed by atoms with Crippen LogP contribution in [0.2, 0.25) is 0 Å². The lowest BCUT2D eigenvalue weighted by Gasteiger charge is -2.47. The zero-order valence-corrected chi connectivity index (χ0v) is 12.8. The second-order valence-corrected chi connectivity index (χ2v) is 6.08. The summed E-state index contributed by atoms with van der Waals surface area (Å²) in [4.78, 5) is 11.9. The van der Waals surface area contributed by atoms with Crippen LogP contribution in [0.1, 0.15) is 43.0 Å². The highest BCUT2D eigenvalue weighted by molar-refractivity contribution is 5.82. The molecule has 19 heavy (non-hydrogen) atoms. The number of benzene rings is 1. The van der Waals surface area contributed by atoms with Gasteiger partial charge in [0, 0.05) is 0 Å². The van der Waals surface area contributed by atoms with Crippen LogP contribution in [0, 0.1) is 13.8 Å². The van der Waals surface area contributed by atoms with Crippen molar-refractivity contribution in [2.45, 2.75) is 52.6 Å². The quantitative estimate of drug-likeness (QED) is 0.886. The van der Waals surface area contributed by atoms with E-state index < -0.39 is 0 Å². The lowest BCUT2D eigenvalue weighted by Crippen LogP contribution is -2.60. The van der Waals surface area contributed by atoms with Crippen molar-refractivity contribution in [3.63, 3.8) is 0 Å². The molecule has 0 bridgehead atoms. The van der Waals surface area contributed by atoms with Gasteiger partial charge in [-0.3, -0.25) is 10.2 Å². The zero-order chi connectivity index (χ0) is 14.4. The van der Waals surface area contributed by atoms with Crippen LogP contribution in [-0.4, -0.2) is 23.9 Å². The van der Waals surface area contributed by atoms with Gasteiger partial charge in [0.15, 0.2) is 0 Å². The van der Waals surface area contributed by atoms with Crippen molar-refractivity contribution in [3.8, 4) is 0 Å². The normalized spacial score (nSPS) is 22.1. The molecular formula is C16H24N2O. The molecule has 1 aliphatic heterocycles. The lowest BCUT2D eigenvalue weighted by atomic mass is 9.79. The van der Waals surface area contributed by atoms with Crippen LogP contribution in [0.25, 0.3) is 0 Å². The van der Waals surface area contributed by atoms with Crippen LogP contribution in [0.15, 0.2) is 12.1 Å². The molecule has 1 aromatic carbocycles. The number of nitrogens with one attached hydrogen (secondary N) is 1. The van der Waals surface area contributed by atoms with Gasteiger partial charge in [-0.2, -0.15) is 0 Å². The summed E-state index contributed by atoms with van der Waals surface area (Å²) >= 11 is 0. The standard InChI is InChI=1S/C16H24N2O/c1-10-7-13-9-15(12(3)19)18(17-6)16(4,5)14(13)8-11(10)2/h7-8,15,17H,9H2,1-6H3/t15-/m0/s1. The Balaban J connectivity index is 2.61. The summed E-state index contributed by atoms with van der Waals surface area (Å²) in [6, 6.07) is 4.43. The van der Waals surface area contributed by atoms with E-state index in [1.54, 1.807) is 6.92 Å². The number of Topliss-reactive ketones (excluding diaryl/α,β-unsaturated/α-hetero) is 1. The maximum atomic E-state index is 11.9. The molecule has 1 heterocycles. The smallest absolute Gasteiger partial charge is 0.148 e. The number of rotatable bonds is 2. The molecule has 0 radical (unpaired) electrons. The molecular weight excluding hydrogens is 236 g/mol. The predicted octanol–water partition coefficient (Wildman–Crippen LogP) is 2.49. The van der Waals surface area contributed by atoms with Crippen LogP contribution in [0.5, 0.6) is 0 Å². The minimum absolute atomic E-state index is 0.0883. The molecule has 3 heteroatoms. The summed E-state index contributed by atoms with van der Waals surface area (Å²) in [6.45, 7) is 10.3. The topological polar surface area (TPSA) is 32.3 Å². The third-order valence-electron chi connectivity index (χ3n) is 4.42. The van der Waals surface area contributed by atoms with E-state index in [1.807, 2.05) is 7.05 Å². The van der Waals surface area contributed by atoms with E-state index in [1.165, 1.54) is 22.3 Å². The monoisotopic (exact) mass is 260 g/mol. The van der Waals surface area contributed by atoms with Gasteiger partial charge in [-0.05, 0) is 70.3 Å². The molecule has 104 valence electrons. The van der Waals surface area contributed by atoms with E-state index in [2.05, 4.69) is 50.3 Å². The summed E-state index contributed by atoms with van der Waals surface area (Å²) < 4.78 is 0. The van der Waals surface area contributed by atoms with Crippen molar-refractivity contribution in [2.75, 3.05) is 7.05 Å². The van der Waals surface area contributed by atoms with Gasteiger partial charge in [-0.25, -0.2) is 5.01 Å². The molecule has 0 saturated heterocycles. The number of hydrogen-bond donors (Lipinski definition) is 1. The van der Waals surface area contributed by atoms with Crippen LogP contribution in [-0.2, 0) is 16.8 Å². The van der Waals surface area contributed by atoms with Crippen molar-refractivity contribution in [2.24, 2.45) is 0 Å². The molecule has 0 aromatic heterocycles. The fourth-order valence-corrected chi connectivity index (χ4v) is 3.19. The molecule has 1 aromatic rings. The maximum Gasteiger partial charge on any atom is 0.148 e. The summed E-state index contributed by atoms with van der Waals surface area (Å²) in [5, 5.41) is 2.09. The molecule has 0 fully saturated rings. The van der Waals surface area contributed by atoms with E-state index >= 15 is 0 Å². The molecule has 0 saturated carbocycles. The summed E-state index contributed by atoms with van der Waals surface area (Å²) in [5.41, 5.74) is 8.27. The Morgan fingerprint density at radius 2 is 1.89 bits per heavy atom. The molecule has 1 aliphatic rings. The molecule has 3 nitrogen and oxygen atoms in total. The summed E-state index contributed by atoms with van der Waals surface area (Å²) in [6.07, 6.45) is 0.788. The Hall–Kier alpha value is -1.19. The van der Waals surface area contributed by atoms with Crippen LogP contribution in [0.4, 0.5) is 0 Å². The summed E-state index contributed by atoms with van der Waals surface area (Å²) in [7, 11) is 1.89. The molecule has 2 rings (SSSR count). The highest BCUT2D eigenvalue weighted by Crippen LogP contribution is 2.38. The van der Waals surface area contributed by atoms with Gasteiger partial charge in [0.05, 0.1) is 11.6 Å². The summed E-state index contributed by atoms with van der Waals surface area (Å²) in [5.74, 6) is 0.214. The number of aryl methyl sites for hydroxylation is 2. The maximum absolute atomic E-state index is 11.9. The Morgan fingerprint density at radius 3 is 2.42 bits per heavy atom. The second-order valence-electron chi connectivity index (χ2n) is 6.08. The molecule has 1 N–H and O–H groups in total. The first-order chi connectivity index (χ1) is 8.78. The second kappa shape index (κ2) is 4.73. The largest absolute Gasteiger partial charge is 0.298 e. The molecule has 0 aliphatic carbocycles. The van der Waals surface area contributed by atoms with Crippen LogP contribution in [0.3, 0.4) is 0 Å². The zero-order valence-electron chi connectivity index (χ0n) is 12.8. The van der Waals surface area contributed by atoms with E-state index in [4.69, 9.17) is 0 Å². The van der Waals surface area contributed by atoms with E-state index in [9.17, 15) is 4.79 Å². The minimum atomic E-state index is -0.183. The van der Waals surface area contributed by atoms with Crippen LogP contribution < -0.4 is 5.43 Å². The molecule has 1 atom stereocenters. The van der Waals surface area contributed by atoms with Crippen molar-refractivity contribution >= 4 is 5.78 Å². The Kier molecular flexibility index (Phi) is 3.54. The van der Waals surface area contributed by atoms with E-state index in [-0.39, 0.29) is 17.4 Å². The number of fused-ring (bicyclic) bond motifs is 1. The average molecular weight is 260 g/mol. The predicted molar refractivity (Wildman–Crippen MR) is 78.0 cm³/mol. The Labute approximate surface area is 116 Å². The van der Waals surface area contributed by atoms with Gasteiger partial charge in [-0.1, -0.05) is 12.1 Å². The van der Waals surface area contributed by atoms with Crippen molar-refractivity contribution in [3.05, 3.63) is 34.4 Å². The van der Waals surface area contributed by atoms with Crippen LogP contribution >= 0.6 is 0 Å². The fraction of sp³-hybridized carbons (Fsp3) is 0.562. The highest BCUT2D eigenvalue weighted by atomic mass is 16.1. The first kappa shape index (κ1) is 14.2. The first-order valence-corrected chi connectivity index (χ1v) is 6.86. The van der Waals surface area contributed by atoms with Gasteiger partial charge in [0.25, 0.3) is 0 Å². The van der Waals surface area contributed by atoms with Crippen molar-refractivity contribution in [1.29, 1.82) is 0 Å². The average Bonchev–Trinajstić information content (AvgIpc) is 2.31. The van der Waals surface area contributed by atoms with Gasteiger partial charge in [-0.15, -0.1) is 0 Å². The van der Waals surface area contributed by atoms with Crippen molar-refractivity contribution in [1.82, 2.24) is 10.4 Å². The third-order valence-corrected chi connectivity index (χ3v) is 4.42. The molecule has 0 amide bonds. The van der Waals surface area contributed by atoms with Gasteiger partial charge >= 0.3 is 0 Å². The number of ketones is 1. The van der Waals surface area contributed by atoms with Crippen molar-refractivity contribution < 1.29 is 4.79 Å².